The molecule has 0 heterocycles. The predicted molar refractivity (Wildman–Crippen MR) is 158 cm³/mol. The van der Waals surface area contributed by atoms with Crippen LogP contribution in [0, 0.1) is 0 Å². The van der Waals surface area contributed by atoms with E-state index in [2.05, 4.69) is 37.4 Å². The first-order chi connectivity index (χ1) is 19.3. The third-order valence-electron chi connectivity index (χ3n) is 5.60. The topological polar surface area (TPSA) is 71.1 Å². The third kappa shape index (κ3) is 9.80. The quantitative estimate of drug-likeness (QED) is 0.124. The smallest absolute Gasteiger partial charge is 0.333 e. The van der Waals surface area contributed by atoms with Gasteiger partial charge in [0.1, 0.15) is 37.9 Å². The van der Waals surface area contributed by atoms with Gasteiger partial charge in [0.25, 0.3) is 0 Å². The van der Waals surface area contributed by atoms with Crippen molar-refractivity contribution in [1.29, 1.82) is 0 Å². The fourth-order valence-electron chi connectivity index (χ4n) is 3.40. The predicted octanol–water partition coefficient (Wildman–Crippen LogP) is 7.13. The highest BCUT2D eigenvalue weighted by atomic mass is 16.5. The zero-order chi connectivity index (χ0) is 28.7. The Morgan fingerprint density at radius 2 is 0.800 bits per heavy atom. The molecule has 3 aromatic carbocycles. The molecule has 6 nitrogen and oxygen atoms in total. The number of ether oxygens (including phenoxy) is 4. The molecule has 0 amide bonds. The zero-order valence-corrected chi connectivity index (χ0v) is 22.9. The van der Waals surface area contributed by atoms with Crippen LogP contribution in [0.1, 0.15) is 13.8 Å². The molecule has 0 N–H and O–H groups in total. The van der Waals surface area contributed by atoms with Gasteiger partial charge in [-0.05, 0) is 84.7 Å². The molecule has 3 rings (SSSR count). The second-order valence-electron chi connectivity index (χ2n) is 8.95. The second kappa shape index (κ2) is 15.5. The number of carbonyl (C=O) groups is 2. The maximum absolute atomic E-state index is 11.3. The first-order valence-corrected chi connectivity index (χ1v) is 12.9. The normalized spacial score (nSPS) is 10.8. The Balaban J connectivity index is 1.44. The van der Waals surface area contributed by atoms with Crippen molar-refractivity contribution >= 4 is 11.9 Å². The van der Waals surface area contributed by atoms with Gasteiger partial charge >= 0.3 is 11.9 Å². The summed E-state index contributed by atoms with van der Waals surface area (Å²) in [6.45, 7) is 11.5. The number of benzene rings is 3. The van der Waals surface area contributed by atoms with E-state index in [9.17, 15) is 9.59 Å². The van der Waals surface area contributed by atoms with E-state index in [0.717, 1.165) is 33.8 Å². The van der Waals surface area contributed by atoms with Gasteiger partial charge in [-0.25, -0.2) is 9.59 Å². The lowest BCUT2D eigenvalue weighted by Gasteiger charge is -2.08. The van der Waals surface area contributed by atoms with Crippen molar-refractivity contribution in [3.63, 3.8) is 0 Å². The maximum atomic E-state index is 11.3. The van der Waals surface area contributed by atoms with Gasteiger partial charge in [-0.15, -0.1) is 0 Å². The summed E-state index contributed by atoms with van der Waals surface area (Å²) in [7, 11) is 0. The fourth-order valence-corrected chi connectivity index (χ4v) is 3.40. The minimum atomic E-state index is -0.403. The van der Waals surface area contributed by atoms with Crippen molar-refractivity contribution in [3.05, 3.63) is 121 Å². The Bertz CT molecular complexity index is 1240. The van der Waals surface area contributed by atoms with E-state index in [1.165, 1.54) is 0 Å². The van der Waals surface area contributed by atoms with E-state index in [-0.39, 0.29) is 13.2 Å². The highest BCUT2D eigenvalue weighted by molar-refractivity contribution is 5.87. The molecule has 0 unspecified atom stereocenters. The number of esters is 2. The van der Waals surface area contributed by atoms with Crippen LogP contribution in [0.3, 0.4) is 0 Å². The van der Waals surface area contributed by atoms with Crippen LogP contribution in [0.15, 0.2) is 121 Å². The third-order valence-corrected chi connectivity index (χ3v) is 5.60. The molecule has 3 aromatic rings. The number of carbonyl (C=O) groups excluding carboxylic acids is 2. The molecular formula is C34H34O6. The summed E-state index contributed by atoms with van der Waals surface area (Å²) in [5.41, 5.74) is 5.15. The van der Waals surface area contributed by atoms with Crippen LogP contribution in [0.25, 0.3) is 22.3 Å². The Morgan fingerprint density at radius 3 is 1.10 bits per heavy atom. The van der Waals surface area contributed by atoms with Crippen LogP contribution in [0.4, 0.5) is 0 Å². The molecular weight excluding hydrogens is 504 g/mol. The van der Waals surface area contributed by atoms with Crippen molar-refractivity contribution in [3.8, 4) is 33.8 Å². The molecule has 0 aromatic heterocycles. The molecule has 0 aliphatic rings. The number of hydrogen-bond donors (Lipinski definition) is 0. The van der Waals surface area contributed by atoms with Gasteiger partial charge in [0, 0.05) is 11.1 Å². The molecule has 6 heteroatoms. The molecule has 0 bridgehead atoms. The summed E-state index contributed by atoms with van der Waals surface area (Å²) in [6, 6.07) is 24.2. The second-order valence-corrected chi connectivity index (χ2v) is 8.95. The van der Waals surface area contributed by atoms with Crippen LogP contribution < -0.4 is 9.47 Å². The van der Waals surface area contributed by atoms with Crippen molar-refractivity contribution < 1.29 is 28.5 Å². The van der Waals surface area contributed by atoms with Gasteiger partial charge in [0.15, 0.2) is 0 Å². The Labute approximate surface area is 235 Å². The highest BCUT2D eigenvalue weighted by Gasteiger charge is 2.03. The molecule has 0 saturated carbocycles. The average molecular weight is 539 g/mol. The van der Waals surface area contributed by atoms with Crippen LogP contribution >= 0.6 is 0 Å². The first-order valence-electron chi connectivity index (χ1n) is 12.9. The molecule has 0 radical (unpaired) electrons. The number of rotatable bonds is 14. The summed E-state index contributed by atoms with van der Waals surface area (Å²) in [5.74, 6) is 0.709. The standard InChI is InChI=1S/C34H34O6/c1-25(2)33(35)39-23-7-5-21-37-31-17-13-29(14-18-31)27-9-11-28(12-10-27)30-15-19-32(20-16-30)38-22-6-8-24-40-34(36)26(3)4/h5-20H,1,3,21-24H2,2,4H3. The Kier molecular flexibility index (Phi) is 11.5. The molecule has 0 aliphatic heterocycles. The summed E-state index contributed by atoms with van der Waals surface area (Å²) >= 11 is 0. The van der Waals surface area contributed by atoms with E-state index in [0.29, 0.717) is 24.4 Å². The Hall–Kier alpha value is -4.84. The van der Waals surface area contributed by atoms with Gasteiger partial charge in [-0.2, -0.15) is 0 Å². The molecule has 0 saturated heterocycles. The first kappa shape index (κ1) is 29.7. The molecule has 0 atom stereocenters. The van der Waals surface area contributed by atoms with E-state index < -0.39 is 11.9 Å². The summed E-state index contributed by atoms with van der Waals surface area (Å²) < 4.78 is 21.4. The van der Waals surface area contributed by atoms with Gasteiger partial charge in [-0.3, -0.25) is 0 Å². The molecule has 0 fully saturated rings. The summed E-state index contributed by atoms with van der Waals surface area (Å²) in [5, 5.41) is 0. The zero-order valence-electron chi connectivity index (χ0n) is 22.9. The van der Waals surface area contributed by atoms with Crippen LogP contribution in [-0.2, 0) is 19.1 Å². The maximum Gasteiger partial charge on any atom is 0.333 e. The lowest BCUT2D eigenvalue weighted by molar-refractivity contribution is -0.138. The van der Waals surface area contributed by atoms with Crippen LogP contribution in [0.5, 0.6) is 11.5 Å². The van der Waals surface area contributed by atoms with E-state index >= 15 is 0 Å². The van der Waals surface area contributed by atoms with E-state index in [1.54, 1.807) is 38.2 Å². The van der Waals surface area contributed by atoms with Crippen LogP contribution in [0.2, 0.25) is 0 Å². The lowest BCUT2D eigenvalue weighted by atomic mass is 10.0. The minimum Gasteiger partial charge on any atom is -0.490 e. The van der Waals surface area contributed by atoms with Crippen molar-refractivity contribution in [1.82, 2.24) is 0 Å². The van der Waals surface area contributed by atoms with E-state index in [4.69, 9.17) is 18.9 Å². The molecule has 206 valence electrons. The van der Waals surface area contributed by atoms with Crippen molar-refractivity contribution in [2.75, 3.05) is 26.4 Å². The highest BCUT2D eigenvalue weighted by Crippen LogP contribution is 2.27. The SMILES string of the molecule is C=C(C)C(=O)OCC=CCOc1ccc(-c2ccc(-c3ccc(OCC=CCOC(=O)C(=C)C)cc3)cc2)cc1. The summed E-state index contributed by atoms with van der Waals surface area (Å²) in [4.78, 5) is 22.7. The van der Waals surface area contributed by atoms with Crippen LogP contribution in [-0.4, -0.2) is 38.4 Å². The van der Waals surface area contributed by atoms with Gasteiger partial charge in [0.05, 0.1) is 0 Å². The van der Waals surface area contributed by atoms with E-state index in [1.807, 2.05) is 48.5 Å². The number of hydrogen-bond acceptors (Lipinski definition) is 6. The Morgan fingerprint density at radius 1 is 0.525 bits per heavy atom. The average Bonchev–Trinajstić information content (AvgIpc) is 2.97. The monoisotopic (exact) mass is 538 g/mol. The van der Waals surface area contributed by atoms with Gasteiger partial charge in [0.2, 0.25) is 0 Å². The van der Waals surface area contributed by atoms with Crippen molar-refractivity contribution in [2.45, 2.75) is 13.8 Å². The van der Waals surface area contributed by atoms with Gasteiger partial charge < -0.3 is 18.9 Å². The van der Waals surface area contributed by atoms with Gasteiger partial charge in [-0.1, -0.05) is 61.7 Å². The summed E-state index contributed by atoms with van der Waals surface area (Å²) in [6.07, 6.45) is 7.09. The largest absolute Gasteiger partial charge is 0.490 e. The lowest BCUT2D eigenvalue weighted by Crippen LogP contribution is -2.04. The molecule has 0 spiro atoms. The minimum absolute atomic E-state index is 0.192. The molecule has 40 heavy (non-hydrogen) atoms. The fraction of sp³-hybridized carbons (Fsp3) is 0.176. The molecule has 0 aliphatic carbocycles. The van der Waals surface area contributed by atoms with Crippen molar-refractivity contribution in [2.24, 2.45) is 0 Å².